The van der Waals surface area contributed by atoms with Gasteiger partial charge in [-0.25, -0.2) is 19.8 Å². The van der Waals surface area contributed by atoms with Crippen molar-refractivity contribution in [3.63, 3.8) is 0 Å². The van der Waals surface area contributed by atoms with Gasteiger partial charge in [0.25, 0.3) is 5.91 Å². The van der Waals surface area contributed by atoms with E-state index in [1.807, 2.05) is 0 Å². The van der Waals surface area contributed by atoms with Crippen LogP contribution in [-0.4, -0.2) is 28.2 Å². The van der Waals surface area contributed by atoms with Gasteiger partial charge >= 0.3 is 0 Å². The summed E-state index contributed by atoms with van der Waals surface area (Å²) in [6, 6.07) is 11.1. The second-order valence-electron chi connectivity index (χ2n) is 6.52. The molecule has 2 aromatic carbocycles. The highest BCUT2D eigenvalue weighted by molar-refractivity contribution is 6.31. The molecule has 1 amide bonds. The Morgan fingerprint density at radius 3 is 2.81 bits per heavy atom. The van der Waals surface area contributed by atoms with E-state index in [-0.39, 0.29) is 11.4 Å². The minimum atomic E-state index is -0.593. The smallest absolute Gasteiger partial charge is 0.250 e. The molecule has 0 unspecified atom stereocenters. The number of nitrogens with zero attached hydrogens (tertiary/aromatic N) is 2. The van der Waals surface area contributed by atoms with Gasteiger partial charge in [-0.15, -0.1) is 0 Å². The van der Waals surface area contributed by atoms with Crippen LogP contribution in [0.1, 0.15) is 5.76 Å². The zero-order valence-electron chi connectivity index (χ0n) is 16.1. The second-order valence-corrected chi connectivity index (χ2v) is 6.93. The number of ether oxygens (including phenoxy) is 1. The van der Waals surface area contributed by atoms with Crippen molar-refractivity contribution in [2.75, 3.05) is 12.4 Å². The number of furan rings is 1. The predicted molar refractivity (Wildman–Crippen MR) is 112 cm³/mol. The average Bonchev–Trinajstić information content (AvgIpc) is 3.23. The molecule has 0 bridgehead atoms. The fraction of sp³-hybridized carbons (Fsp3) is 0.0952. The highest BCUT2D eigenvalue weighted by Crippen LogP contribution is 2.37. The van der Waals surface area contributed by atoms with Crippen molar-refractivity contribution in [2.24, 2.45) is 0 Å². The summed E-state index contributed by atoms with van der Waals surface area (Å²) < 4.78 is 24.7. The van der Waals surface area contributed by atoms with Crippen LogP contribution in [0.5, 0.6) is 5.75 Å². The number of methoxy groups -OCH3 is 1. The molecule has 0 aliphatic heterocycles. The maximum Gasteiger partial charge on any atom is 0.250 e. The number of hydroxylamine groups is 1. The standard InChI is InChI=1S/C21H16ClFN4O4/c1-30-19-9-17-13(8-14(19)18-5-3-12(31-18)7-20(28)27-29)21(25-10-24-17)26-11-2-4-16(23)15(22)6-11/h2-6,8-10,29H,7H2,1H3,(H,27,28)(H,24,25,26). The summed E-state index contributed by atoms with van der Waals surface area (Å²) in [4.78, 5) is 20.0. The van der Waals surface area contributed by atoms with Crippen LogP contribution < -0.4 is 15.5 Å². The van der Waals surface area contributed by atoms with E-state index in [1.54, 1.807) is 35.8 Å². The third-order valence-corrected chi connectivity index (χ3v) is 4.82. The van der Waals surface area contributed by atoms with E-state index in [0.717, 1.165) is 0 Å². The number of nitrogens with one attached hydrogen (secondary N) is 2. The highest BCUT2D eigenvalue weighted by Gasteiger charge is 2.16. The van der Waals surface area contributed by atoms with Gasteiger partial charge in [-0.1, -0.05) is 11.6 Å². The monoisotopic (exact) mass is 442 g/mol. The summed E-state index contributed by atoms with van der Waals surface area (Å²) in [5.74, 6) is 0.698. The Balaban J connectivity index is 1.77. The molecule has 0 radical (unpaired) electrons. The van der Waals surface area contributed by atoms with Crippen LogP contribution in [0.25, 0.3) is 22.2 Å². The maximum absolute atomic E-state index is 13.5. The van der Waals surface area contributed by atoms with E-state index in [9.17, 15) is 9.18 Å². The third-order valence-electron chi connectivity index (χ3n) is 4.53. The topological polar surface area (TPSA) is 110 Å². The zero-order valence-corrected chi connectivity index (χ0v) is 16.9. The van der Waals surface area contributed by atoms with Crippen molar-refractivity contribution in [1.82, 2.24) is 15.4 Å². The van der Waals surface area contributed by atoms with Crippen LogP contribution in [0, 0.1) is 5.82 Å². The van der Waals surface area contributed by atoms with Crippen LogP contribution in [0.15, 0.2) is 53.2 Å². The molecule has 8 nitrogen and oxygen atoms in total. The Labute approximate surface area is 180 Å². The lowest BCUT2D eigenvalue weighted by molar-refractivity contribution is -0.128. The maximum atomic E-state index is 13.5. The van der Waals surface area contributed by atoms with Gasteiger partial charge in [-0.2, -0.15) is 0 Å². The number of halogens is 2. The van der Waals surface area contributed by atoms with E-state index in [0.29, 0.717) is 45.2 Å². The summed E-state index contributed by atoms with van der Waals surface area (Å²) in [5.41, 5.74) is 3.34. The van der Waals surface area contributed by atoms with Crippen molar-refractivity contribution in [2.45, 2.75) is 6.42 Å². The molecule has 0 aliphatic carbocycles. The molecule has 0 atom stereocenters. The van der Waals surface area contributed by atoms with E-state index in [2.05, 4.69) is 15.3 Å². The summed E-state index contributed by atoms with van der Waals surface area (Å²) in [6.07, 6.45) is 1.28. The number of rotatable bonds is 6. The first-order chi connectivity index (χ1) is 15.0. The van der Waals surface area contributed by atoms with Crippen molar-refractivity contribution in [3.05, 3.63) is 65.4 Å². The molecule has 3 N–H and O–H groups in total. The molecule has 4 rings (SSSR count). The van der Waals surface area contributed by atoms with E-state index < -0.39 is 11.7 Å². The summed E-state index contributed by atoms with van der Waals surface area (Å²) >= 11 is 5.87. The first kappa shape index (κ1) is 20.6. The lowest BCUT2D eigenvalue weighted by Gasteiger charge is -2.12. The molecule has 158 valence electrons. The van der Waals surface area contributed by atoms with Gasteiger partial charge in [0.1, 0.15) is 35.2 Å². The molecule has 0 saturated carbocycles. The molecule has 2 heterocycles. The number of hydrogen-bond acceptors (Lipinski definition) is 7. The molecule has 4 aromatic rings. The number of aromatic nitrogens is 2. The lowest BCUT2D eigenvalue weighted by atomic mass is 10.1. The summed E-state index contributed by atoms with van der Waals surface area (Å²) in [7, 11) is 1.52. The quantitative estimate of drug-likeness (QED) is 0.298. The molecule has 2 aromatic heterocycles. The number of benzene rings is 2. The minimum Gasteiger partial charge on any atom is -0.496 e. The minimum absolute atomic E-state index is 0.0132. The normalized spacial score (nSPS) is 10.8. The number of carbonyl (C=O) groups excluding carboxylic acids is 1. The Morgan fingerprint density at radius 2 is 2.06 bits per heavy atom. The number of carbonyl (C=O) groups is 1. The van der Waals surface area contributed by atoms with Crippen LogP contribution in [0.4, 0.5) is 15.9 Å². The molecule has 10 heteroatoms. The van der Waals surface area contributed by atoms with Crippen molar-refractivity contribution >= 4 is 39.9 Å². The largest absolute Gasteiger partial charge is 0.496 e. The molecule has 0 fully saturated rings. The fourth-order valence-electron chi connectivity index (χ4n) is 3.07. The second kappa shape index (κ2) is 8.58. The Hall–Kier alpha value is -3.69. The SMILES string of the molecule is COc1cc2ncnc(Nc3ccc(F)c(Cl)c3)c2cc1-c1ccc(CC(=O)NO)o1. The number of hydrogen-bond donors (Lipinski definition) is 3. The average molecular weight is 443 g/mol. The molecule has 0 aliphatic rings. The highest BCUT2D eigenvalue weighted by atomic mass is 35.5. The van der Waals surface area contributed by atoms with E-state index >= 15 is 0 Å². The molecule has 31 heavy (non-hydrogen) atoms. The fourth-order valence-corrected chi connectivity index (χ4v) is 3.25. The van der Waals surface area contributed by atoms with Gasteiger partial charge in [-0.05, 0) is 36.4 Å². The van der Waals surface area contributed by atoms with Crippen LogP contribution in [0.2, 0.25) is 5.02 Å². The number of amides is 1. The summed E-state index contributed by atoms with van der Waals surface area (Å²) in [6.45, 7) is 0. The Kier molecular flexibility index (Phi) is 5.70. The number of anilines is 2. The molecular weight excluding hydrogens is 427 g/mol. The van der Waals surface area contributed by atoms with Crippen molar-refractivity contribution < 1.29 is 23.5 Å². The predicted octanol–water partition coefficient (Wildman–Crippen LogP) is 4.48. The van der Waals surface area contributed by atoms with Gasteiger partial charge in [0.15, 0.2) is 0 Å². The van der Waals surface area contributed by atoms with Crippen LogP contribution >= 0.6 is 11.6 Å². The third kappa shape index (κ3) is 4.27. The first-order valence-electron chi connectivity index (χ1n) is 9.05. The zero-order chi connectivity index (χ0) is 22.0. The lowest BCUT2D eigenvalue weighted by Crippen LogP contribution is -2.20. The molecular formula is C21H16ClFN4O4. The summed E-state index contributed by atoms with van der Waals surface area (Å²) in [5, 5.41) is 12.5. The van der Waals surface area contributed by atoms with Gasteiger partial charge < -0.3 is 14.5 Å². The van der Waals surface area contributed by atoms with E-state index in [4.69, 9.17) is 26.0 Å². The van der Waals surface area contributed by atoms with Crippen molar-refractivity contribution in [1.29, 1.82) is 0 Å². The molecule has 0 spiro atoms. The Bertz CT molecular complexity index is 1280. The van der Waals surface area contributed by atoms with Gasteiger partial charge in [0.05, 0.1) is 29.6 Å². The van der Waals surface area contributed by atoms with Crippen molar-refractivity contribution in [3.8, 4) is 17.1 Å². The van der Waals surface area contributed by atoms with Gasteiger partial charge in [0, 0.05) is 17.1 Å². The van der Waals surface area contributed by atoms with Gasteiger partial charge in [-0.3, -0.25) is 10.0 Å². The van der Waals surface area contributed by atoms with Crippen LogP contribution in [0.3, 0.4) is 0 Å². The van der Waals surface area contributed by atoms with Crippen LogP contribution in [-0.2, 0) is 11.2 Å². The Morgan fingerprint density at radius 1 is 1.23 bits per heavy atom. The number of fused-ring (bicyclic) bond motifs is 1. The first-order valence-corrected chi connectivity index (χ1v) is 9.43. The molecule has 0 saturated heterocycles. The van der Waals surface area contributed by atoms with Gasteiger partial charge in [0.2, 0.25) is 0 Å². The van der Waals surface area contributed by atoms with E-state index in [1.165, 1.54) is 25.6 Å².